The Labute approximate surface area is 146 Å². The van der Waals surface area contributed by atoms with E-state index in [9.17, 15) is 0 Å². The number of nitrogens with zero attached hydrogens (tertiary/aromatic N) is 3. The third-order valence-corrected chi connectivity index (χ3v) is 5.24. The maximum Gasteiger partial charge on any atom is 0.226 e. The molecule has 5 heteroatoms. The van der Waals surface area contributed by atoms with E-state index in [4.69, 9.17) is 4.42 Å². The van der Waals surface area contributed by atoms with E-state index in [2.05, 4.69) is 32.3 Å². The van der Waals surface area contributed by atoms with Gasteiger partial charge >= 0.3 is 0 Å². The lowest BCUT2D eigenvalue weighted by Crippen LogP contribution is -2.45. The van der Waals surface area contributed by atoms with Crippen LogP contribution in [0.15, 0.2) is 58.5 Å². The Morgan fingerprint density at radius 2 is 1.67 bits per heavy atom. The SMILES string of the molecule is c1ccc(-c2nc(CN3CCN(Cc4cccs4)CC3)co2)cc1. The molecule has 0 N–H and O–H groups in total. The molecule has 0 aliphatic carbocycles. The van der Waals surface area contributed by atoms with E-state index in [-0.39, 0.29) is 0 Å². The highest BCUT2D eigenvalue weighted by atomic mass is 32.1. The van der Waals surface area contributed by atoms with Crippen LogP contribution in [0.3, 0.4) is 0 Å². The zero-order chi connectivity index (χ0) is 16.2. The Morgan fingerprint density at radius 1 is 0.917 bits per heavy atom. The van der Waals surface area contributed by atoms with Gasteiger partial charge in [0.25, 0.3) is 0 Å². The van der Waals surface area contributed by atoms with E-state index in [1.165, 1.54) is 4.88 Å². The van der Waals surface area contributed by atoms with Gasteiger partial charge in [-0.25, -0.2) is 4.98 Å². The van der Waals surface area contributed by atoms with Crippen molar-refractivity contribution in [1.82, 2.24) is 14.8 Å². The average Bonchev–Trinajstić information content (AvgIpc) is 3.29. The quantitative estimate of drug-likeness (QED) is 0.709. The van der Waals surface area contributed by atoms with Crippen LogP contribution in [-0.2, 0) is 13.1 Å². The molecule has 1 fully saturated rings. The fourth-order valence-corrected chi connectivity index (χ4v) is 3.80. The second-order valence-corrected chi connectivity index (χ2v) is 7.17. The molecular weight excluding hydrogens is 318 g/mol. The predicted molar refractivity (Wildman–Crippen MR) is 96.8 cm³/mol. The molecule has 0 atom stereocenters. The van der Waals surface area contributed by atoms with Gasteiger partial charge in [-0.15, -0.1) is 11.3 Å². The number of benzene rings is 1. The first-order valence-electron chi connectivity index (χ1n) is 8.34. The van der Waals surface area contributed by atoms with Crippen molar-refractivity contribution in [2.24, 2.45) is 0 Å². The molecule has 4 rings (SSSR count). The molecule has 3 aromatic rings. The summed E-state index contributed by atoms with van der Waals surface area (Å²) in [4.78, 5) is 11.1. The van der Waals surface area contributed by atoms with Crippen LogP contribution in [0.25, 0.3) is 11.5 Å². The molecule has 1 aliphatic rings. The monoisotopic (exact) mass is 339 g/mol. The van der Waals surface area contributed by atoms with E-state index < -0.39 is 0 Å². The van der Waals surface area contributed by atoms with Crippen molar-refractivity contribution in [2.75, 3.05) is 26.2 Å². The minimum atomic E-state index is 0.710. The summed E-state index contributed by atoms with van der Waals surface area (Å²) in [6.45, 7) is 6.33. The van der Waals surface area contributed by atoms with Crippen LogP contribution in [0.5, 0.6) is 0 Å². The van der Waals surface area contributed by atoms with Gasteiger partial charge in [-0.1, -0.05) is 24.3 Å². The molecule has 0 radical (unpaired) electrons. The second kappa shape index (κ2) is 7.30. The van der Waals surface area contributed by atoms with Crippen LogP contribution in [0, 0.1) is 0 Å². The number of piperazine rings is 1. The van der Waals surface area contributed by atoms with Crippen LogP contribution < -0.4 is 0 Å². The van der Waals surface area contributed by atoms with Crippen LogP contribution >= 0.6 is 11.3 Å². The van der Waals surface area contributed by atoms with Gasteiger partial charge in [0.1, 0.15) is 6.26 Å². The number of rotatable bonds is 5. The van der Waals surface area contributed by atoms with Gasteiger partial charge in [-0.2, -0.15) is 0 Å². The highest BCUT2D eigenvalue weighted by molar-refractivity contribution is 7.09. The second-order valence-electron chi connectivity index (χ2n) is 6.14. The van der Waals surface area contributed by atoms with Crippen molar-refractivity contribution in [2.45, 2.75) is 13.1 Å². The topological polar surface area (TPSA) is 32.5 Å². The smallest absolute Gasteiger partial charge is 0.226 e. The molecule has 24 heavy (non-hydrogen) atoms. The molecule has 124 valence electrons. The van der Waals surface area contributed by atoms with Gasteiger partial charge in [-0.3, -0.25) is 9.80 Å². The molecule has 0 unspecified atom stereocenters. The molecule has 3 heterocycles. The summed E-state index contributed by atoms with van der Waals surface area (Å²) in [6, 6.07) is 14.4. The van der Waals surface area contributed by atoms with Gasteiger partial charge in [0.2, 0.25) is 5.89 Å². The summed E-state index contributed by atoms with van der Waals surface area (Å²) in [6.07, 6.45) is 1.79. The minimum Gasteiger partial charge on any atom is -0.444 e. The highest BCUT2D eigenvalue weighted by Gasteiger charge is 2.18. The molecule has 0 saturated carbocycles. The fraction of sp³-hybridized carbons (Fsp3) is 0.316. The standard InChI is InChI=1S/C19H21N3OS/c1-2-5-16(6-3-1)19-20-17(15-23-19)13-21-8-10-22(11-9-21)14-18-7-4-12-24-18/h1-7,12,15H,8-11,13-14H2. The Balaban J connectivity index is 1.30. The maximum atomic E-state index is 5.64. The van der Waals surface area contributed by atoms with E-state index in [0.717, 1.165) is 50.5 Å². The molecule has 1 aromatic carbocycles. The molecule has 1 aliphatic heterocycles. The summed E-state index contributed by atoms with van der Waals surface area (Å²) in [5, 5.41) is 2.15. The average molecular weight is 339 g/mol. The van der Waals surface area contributed by atoms with Crippen molar-refractivity contribution in [3.05, 3.63) is 64.7 Å². The lowest BCUT2D eigenvalue weighted by atomic mass is 10.2. The molecular formula is C19H21N3OS. The molecule has 2 aromatic heterocycles. The number of thiophene rings is 1. The summed E-state index contributed by atoms with van der Waals surface area (Å²) in [5.74, 6) is 0.710. The fourth-order valence-electron chi connectivity index (χ4n) is 3.05. The maximum absolute atomic E-state index is 5.64. The third kappa shape index (κ3) is 3.75. The lowest BCUT2D eigenvalue weighted by molar-refractivity contribution is 0.122. The summed E-state index contributed by atoms with van der Waals surface area (Å²) in [7, 11) is 0. The summed E-state index contributed by atoms with van der Waals surface area (Å²) in [5.41, 5.74) is 2.05. The number of oxazole rings is 1. The van der Waals surface area contributed by atoms with Gasteiger partial charge in [-0.05, 0) is 23.6 Å². The number of aromatic nitrogens is 1. The van der Waals surface area contributed by atoms with Crippen molar-refractivity contribution < 1.29 is 4.42 Å². The van der Waals surface area contributed by atoms with E-state index >= 15 is 0 Å². The predicted octanol–water partition coefficient (Wildman–Crippen LogP) is 3.72. The van der Waals surface area contributed by atoms with Crippen molar-refractivity contribution in [1.29, 1.82) is 0 Å². The summed E-state index contributed by atoms with van der Waals surface area (Å²) >= 11 is 1.84. The zero-order valence-corrected chi connectivity index (χ0v) is 14.4. The van der Waals surface area contributed by atoms with Crippen LogP contribution in [0.2, 0.25) is 0 Å². The van der Waals surface area contributed by atoms with Gasteiger partial charge < -0.3 is 4.42 Å². The van der Waals surface area contributed by atoms with E-state index in [1.54, 1.807) is 6.26 Å². The molecule has 1 saturated heterocycles. The minimum absolute atomic E-state index is 0.710. The van der Waals surface area contributed by atoms with Crippen LogP contribution in [0.4, 0.5) is 0 Å². The number of hydrogen-bond acceptors (Lipinski definition) is 5. The number of hydrogen-bond donors (Lipinski definition) is 0. The Bertz CT molecular complexity index is 746. The normalized spacial score (nSPS) is 16.5. The lowest BCUT2D eigenvalue weighted by Gasteiger charge is -2.33. The van der Waals surface area contributed by atoms with Crippen LogP contribution in [0.1, 0.15) is 10.6 Å². The largest absolute Gasteiger partial charge is 0.444 e. The van der Waals surface area contributed by atoms with E-state index in [0.29, 0.717) is 5.89 Å². The van der Waals surface area contributed by atoms with Crippen molar-refractivity contribution in [3.63, 3.8) is 0 Å². The Hall–Kier alpha value is -1.95. The highest BCUT2D eigenvalue weighted by Crippen LogP contribution is 2.19. The third-order valence-electron chi connectivity index (χ3n) is 4.38. The molecule has 0 spiro atoms. The first-order valence-corrected chi connectivity index (χ1v) is 9.22. The molecule has 0 amide bonds. The molecule has 4 nitrogen and oxygen atoms in total. The first kappa shape index (κ1) is 15.6. The summed E-state index contributed by atoms with van der Waals surface area (Å²) < 4.78 is 5.64. The van der Waals surface area contributed by atoms with Crippen molar-refractivity contribution >= 4 is 11.3 Å². The van der Waals surface area contributed by atoms with Gasteiger partial charge in [0, 0.05) is 49.7 Å². The van der Waals surface area contributed by atoms with Crippen LogP contribution in [-0.4, -0.2) is 41.0 Å². The first-order chi connectivity index (χ1) is 11.9. The van der Waals surface area contributed by atoms with Gasteiger partial charge in [0.05, 0.1) is 5.69 Å². The zero-order valence-electron chi connectivity index (χ0n) is 13.6. The molecule has 0 bridgehead atoms. The van der Waals surface area contributed by atoms with Gasteiger partial charge in [0.15, 0.2) is 0 Å². The Morgan fingerprint density at radius 3 is 2.38 bits per heavy atom. The van der Waals surface area contributed by atoms with Crippen molar-refractivity contribution in [3.8, 4) is 11.5 Å². The Kier molecular flexibility index (Phi) is 4.74. The van der Waals surface area contributed by atoms with E-state index in [1.807, 2.05) is 41.7 Å².